The monoisotopic (exact) mass is 313 g/mol. The van der Waals surface area contributed by atoms with Crippen molar-refractivity contribution in [1.29, 1.82) is 0 Å². The Kier molecular flexibility index (Phi) is 5.85. The van der Waals surface area contributed by atoms with E-state index in [9.17, 15) is 13.6 Å². The second kappa shape index (κ2) is 7.65. The zero-order valence-electron chi connectivity index (χ0n) is 12.8. The fraction of sp³-hybridized carbons (Fsp3) is 0.562. The number of halogens is 2. The number of carbonyl (C=O) groups excluding carboxylic acids is 1. The van der Waals surface area contributed by atoms with Crippen molar-refractivity contribution < 1.29 is 23.0 Å². The Hall–Kier alpha value is -1.53. The lowest BCUT2D eigenvalue weighted by molar-refractivity contribution is -0.134. The first-order chi connectivity index (χ1) is 10.5. The molecule has 1 amide bonds. The summed E-state index contributed by atoms with van der Waals surface area (Å²) in [5.41, 5.74) is 0.499. The highest BCUT2D eigenvalue weighted by Gasteiger charge is 2.21. The lowest BCUT2D eigenvalue weighted by Gasteiger charge is -2.19. The highest BCUT2D eigenvalue weighted by Crippen LogP contribution is 2.17. The maximum Gasteiger partial charge on any atom is 0.249 e. The predicted octanol–water partition coefficient (Wildman–Crippen LogP) is 2.73. The molecule has 1 saturated heterocycles. The first kappa shape index (κ1) is 16.8. The molecule has 0 aromatic heterocycles. The van der Waals surface area contributed by atoms with E-state index in [0.717, 1.165) is 31.6 Å². The number of rotatable bonds is 6. The van der Waals surface area contributed by atoms with Gasteiger partial charge in [-0.3, -0.25) is 4.79 Å². The Labute approximate surface area is 128 Å². The van der Waals surface area contributed by atoms with Crippen LogP contribution in [-0.2, 0) is 14.3 Å². The molecule has 0 bridgehead atoms. The molecule has 122 valence electrons. The lowest BCUT2D eigenvalue weighted by atomic mass is 10.1. The summed E-state index contributed by atoms with van der Waals surface area (Å²) >= 11 is 0. The van der Waals surface area contributed by atoms with Crippen LogP contribution >= 0.6 is 0 Å². The molecule has 3 unspecified atom stereocenters. The number of carbonyl (C=O) groups is 1. The van der Waals surface area contributed by atoms with Crippen molar-refractivity contribution in [3.05, 3.63) is 35.4 Å². The van der Waals surface area contributed by atoms with Crippen molar-refractivity contribution in [2.24, 2.45) is 0 Å². The van der Waals surface area contributed by atoms with E-state index in [-0.39, 0.29) is 12.0 Å². The minimum Gasteiger partial charge on any atom is -0.376 e. The third-order valence-electron chi connectivity index (χ3n) is 3.73. The fourth-order valence-corrected chi connectivity index (χ4v) is 2.30. The van der Waals surface area contributed by atoms with E-state index in [2.05, 4.69) is 5.32 Å². The summed E-state index contributed by atoms with van der Waals surface area (Å²) in [7, 11) is 0. The number of amides is 1. The van der Waals surface area contributed by atoms with Gasteiger partial charge in [0, 0.05) is 6.61 Å². The molecule has 1 aliphatic heterocycles. The summed E-state index contributed by atoms with van der Waals surface area (Å²) in [5.74, 6) is -2.13. The van der Waals surface area contributed by atoms with E-state index < -0.39 is 23.8 Å². The summed E-state index contributed by atoms with van der Waals surface area (Å²) in [6.45, 7) is 4.48. The quantitative estimate of drug-likeness (QED) is 0.878. The van der Waals surface area contributed by atoms with Gasteiger partial charge in [0.1, 0.15) is 6.10 Å². The van der Waals surface area contributed by atoms with Crippen molar-refractivity contribution in [2.45, 2.75) is 44.9 Å². The van der Waals surface area contributed by atoms with E-state index in [1.54, 1.807) is 13.8 Å². The van der Waals surface area contributed by atoms with Crippen molar-refractivity contribution in [3.8, 4) is 0 Å². The van der Waals surface area contributed by atoms with Crippen LogP contribution in [0, 0.1) is 11.6 Å². The Bertz CT molecular complexity index is 518. The molecule has 1 aromatic rings. The molecule has 0 aliphatic carbocycles. The SMILES string of the molecule is CC(OCC1CCCO1)C(=O)NC(C)c1ccc(F)c(F)c1. The zero-order chi connectivity index (χ0) is 16.1. The largest absolute Gasteiger partial charge is 0.376 e. The average Bonchev–Trinajstić information content (AvgIpc) is 3.00. The zero-order valence-corrected chi connectivity index (χ0v) is 12.8. The molecule has 0 spiro atoms. The highest BCUT2D eigenvalue weighted by atomic mass is 19.2. The molecular formula is C16H21F2NO3. The molecule has 0 radical (unpaired) electrons. The predicted molar refractivity (Wildman–Crippen MR) is 77.3 cm³/mol. The molecule has 1 aliphatic rings. The molecule has 1 fully saturated rings. The van der Waals surface area contributed by atoms with Crippen LogP contribution in [0.3, 0.4) is 0 Å². The molecule has 1 aromatic carbocycles. The standard InChI is InChI=1S/C16H21F2NO3/c1-10(12-5-6-14(17)15(18)8-12)19-16(20)11(2)22-9-13-4-3-7-21-13/h5-6,8,10-11,13H,3-4,7,9H2,1-2H3,(H,19,20). The maximum atomic E-state index is 13.2. The van der Waals surface area contributed by atoms with Crippen LogP contribution < -0.4 is 5.32 Å². The van der Waals surface area contributed by atoms with Gasteiger partial charge < -0.3 is 14.8 Å². The van der Waals surface area contributed by atoms with E-state index in [0.29, 0.717) is 12.2 Å². The summed E-state index contributed by atoms with van der Waals surface area (Å²) in [5, 5.41) is 2.72. The third-order valence-corrected chi connectivity index (χ3v) is 3.73. The van der Waals surface area contributed by atoms with Crippen LogP contribution in [0.4, 0.5) is 8.78 Å². The maximum absolute atomic E-state index is 13.2. The van der Waals surface area contributed by atoms with Gasteiger partial charge in [0.05, 0.1) is 18.8 Å². The second-order valence-electron chi connectivity index (χ2n) is 5.51. The molecule has 3 atom stereocenters. The number of hydrogen-bond acceptors (Lipinski definition) is 3. The normalized spacial score (nSPS) is 20.6. The molecule has 4 nitrogen and oxygen atoms in total. The molecule has 0 saturated carbocycles. The third kappa shape index (κ3) is 4.48. The van der Waals surface area contributed by atoms with Gasteiger partial charge in [0.2, 0.25) is 5.91 Å². The molecule has 22 heavy (non-hydrogen) atoms. The minimum atomic E-state index is -0.929. The number of benzene rings is 1. The Morgan fingerprint density at radius 3 is 2.82 bits per heavy atom. The van der Waals surface area contributed by atoms with E-state index in [1.165, 1.54) is 6.07 Å². The topological polar surface area (TPSA) is 47.6 Å². The molecule has 6 heteroatoms. The van der Waals surface area contributed by atoms with Crippen LogP contribution in [0.15, 0.2) is 18.2 Å². The van der Waals surface area contributed by atoms with Gasteiger partial charge >= 0.3 is 0 Å². The number of ether oxygens (including phenoxy) is 2. The average molecular weight is 313 g/mol. The molecule has 1 heterocycles. The lowest BCUT2D eigenvalue weighted by Crippen LogP contribution is -2.37. The number of nitrogens with one attached hydrogen (secondary N) is 1. The minimum absolute atomic E-state index is 0.0545. The Balaban J connectivity index is 1.82. The van der Waals surface area contributed by atoms with Crippen molar-refractivity contribution in [2.75, 3.05) is 13.2 Å². The van der Waals surface area contributed by atoms with Crippen LogP contribution in [-0.4, -0.2) is 31.3 Å². The molecule has 1 N–H and O–H groups in total. The molecular weight excluding hydrogens is 292 g/mol. The summed E-state index contributed by atoms with van der Waals surface area (Å²) in [4.78, 5) is 12.0. The van der Waals surface area contributed by atoms with Gasteiger partial charge in [-0.2, -0.15) is 0 Å². The second-order valence-corrected chi connectivity index (χ2v) is 5.51. The van der Waals surface area contributed by atoms with Crippen molar-refractivity contribution >= 4 is 5.91 Å². The Morgan fingerprint density at radius 2 is 2.18 bits per heavy atom. The Morgan fingerprint density at radius 1 is 1.41 bits per heavy atom. The first-order valence-corrected chi connectivity index (χ1v) is 7.46. The van der Waals surface area contributed by atoms with Crippen LogP contribution in [0.1, 0.15) is 38.3 Å². The van der Waals surface area contributed by atoms with Gasteiger partial charge in [-0.15, -0.1) is 0 Å². The van der Waals surface area contributed by atoms with Crippen LogP contribution in [0.5, 0.6) is 0 Å². The summed E-state index contributed by atoms with van der Waals surface area (Å²) < 4.78 is 37.0. The van der Waals surface area contributed by atoms with Crippen molar-refractivity contribution in [3.63, 3.8) is 0 Å². The summed E-state index contributed by atoms with van der Waals surface area (Å²) in [6, 6.07) is 3.14. The van der Waals surface area contributed by atoms with E-state index in [1.807, 2.05) is 0 Å². The van der Waals surface area contributed by atoms with Crippen LogP contribution in [0.25, 0.3) is 0 Å². The smallest absolute Gasteiger partial charge is 0.249 e. The summed E-state index contributed by atoms with van der Waals surface area (Å²) in [6.07, 6.45) is 1.39. The fourth-order valence-electron chi connectivity index (χ4n) is 2.30. The van der Waals surface area contributed by atoms with Gasteiger partial charge in [-0.1, -0.05) is 6.07 Å². The first-order valence-electron chi connectivity index (χ1n) is 7.46. The van der Waals surface area contributed by atoms with E-state index in [4.69, 9.17) is 9.47 Å². The van der Waals surface area contributed by atoms with Gasteiger partial charge in [-0.25, -0.2) is 8.78 Å². The van der Waals surface area contributed by atoms with E-state index >= 15 is 0 Å². The van der Waals surface area contributed by atoms with Crippen molar-refractivity contribution in [1.82, 2.24) is 5.32 Å². The highest BCUT2D eigenvalue weighted by molar-refractivity contribution is 5.80. The van der Waals surface area contributed by atoms with Gasteiger partial charge in [0.25, 0.3) is 0 Å². The molecule has 2 rings (SSSR count). The number of hydrogen-bond donors (Lipinski definition) is 1. The van der Waals surface area contributed by atoms with Gasteiger partial charge in [0.15, 0.2) is 11.6 Å². The van der Waals surface area contributed by atoms with Gasteiger partial charge in [-0.05, 0) is 44.4 Å². The van der Waals surface area contributed by atoms with Crippen LogP contribution in [0.2, 0.25) is 0 Å².